The summed E-state index contributed by atoms with van der Waals surface area (Å²) in [6.07, 6.45) is 0. The molecule has 0 fully saturated rings. The Bertz CT molecular complexity index is 3.90. The zero-order valence-electron chi connectivity index (χ0n) is 2.16. The van der Waals surface area contributed by atoms with E-state index in [1.807, 2.05) is 0 Å². The Kier molecular flexibility index (Phi) is 261. The monoisotopic (exact) mass is 1060 g/mol. The van der Waals surface area contributed by atoms with E-state index in [0.717, 1.165) is 0 Å². The maximum Gasteiger partial charge on any atom is 0 e. The molecule has 6 heteroatoms. The van der Waals surface area contributed by atoms with E-state index in [0.29, 0.717) is 0 Å². The van der Waals surface area contributed by atoms with Gasteiger partial charge < -0.3 is 0 Å². The molecule has 0 aromatic heterocycles. The van der Waals surface area contributed by atoms with Gasteiger partial charge in [-0.05, 0) is 0 Å². The minimum atomic E-state index is 0. The van der Waals surface area contributed by atoms with Crippen LogP contribution in [0.3, 0.4) is 0 Å². The van der Waals surface area contributed by atoms with Crippen molar-refractivity contribution in [2.75, 3.05) is 0 Å². The summed E-state index contributed by atoms with van der Waals surface area (Å²) < 4.78 is 0. The Morgan fingerprint density at radius 1 is 0.333 bits per heavy atom. The Balaban J connectivity index is 0. The van der Waals surface area contributed by atoms with Gasteiger partial charge in [-0.2, -0.15) is 0 Å². The Labute approximate surface area is 135 Å². The number of hydrogen-bond acceptors (Lipinski definition) is 0. The Morgan fingerprint density at radius 2 is 0.333 bits per heavy atom. The molecule has 0 heterocycles. The van der Waals surface area contributed by atoms with Crippen molar-refractivity contribution in [3.8, 4) is 0 Å². The van der Waals surface area contributed by atoms with Crippen LogP contribution in [0, 0.1) is 0 Å². The molecule has 0 bridgehead atoms. The first-order valence-corrected chi connectivity index (χ1v) is 0. The third-order valence-electron chi connectivity index (χ3n) is 0. The normalized spacial score (nSPS) is 0. The Morgan fingerprint density at radius 3 is 0.333 bits per heavy atom. The zero-order chi connectivity index (χ0) is 0. The van der Waals surface area contributed by atoms with E-state index < -0.39 is 0 Å². The topological polar surface area (TPSA) is 0 Å². The van der Waals surface area contributed by atoms with E-state index in [-0.39, 0.29) is 138 Å². The maximum absolute atomic E-state index is 0. The fourth-order valence-corrected chi connectivity index (χ4v) is 0. The molecule has 0 unspecified atom stereocenters. The van der Waals surface area contributed by atoms with Crippen molar-refractivity contribution in [1.29, 1.82) is 0 Å². The molecule has 0 saturated heterocycles. The molecular weight excluding hydrogens is 1060 g/mol. The molecule has 0 aromatic rings. The minimum Gasteiger partial charge on any atom is 0 e. The van der Waals surface area contributed by atoms with Gasteiger partial charge in [0.25, 0.3) is 0 Å². The van der Waals surface area contributed by atoms with Crippen molar-refractivity contribution in [3.63, 3.8) is 0 Å². The summed E-state index contributed by atoms with van der Waals surface area (Å²) in [5.74, 6) is 0. The van der Waals surface area contributed by atoms with Gasteiger partial charge in [-0.25, -0.2) is 0 Å². The van der Waals surface area contributed by atoms with E-state index in [9.17, 15) is 0 Å². The van der Waals surface area contributed by atoms with Crippen molar-refractivity contribution in [2.45, 2.75) is 0 Å². The summed E-state index contributed by atoms with van der Waals surface area (Å²) >= 11 is 0. The third kappa shape index (κ3) is 23.5. The van der Waals surface area contributed by atoms with Crippen molar-refractivity contribution < 1.29 is 138 Å². The van der Waals surface area contributed by atoms with Gasteiger partial charge in [0.05, 0.1) is 0 Å². The second-order valence-corrected chi connectivity index (χ2v) is 0. The standard InChI is InChI=1S/5Pt.Y. The van der Waals surface area contributed by atoms with Crippen LogP contribution in [0.4, 0.5) is 0 Å². The van der Waals surface area contributed by atoms with Gasteiger partial charge in [-0.15, -0.1) is 0 Å². The van der Waals surface area contributed by atoms with Gasteiger partial charge in [0.2, 0.25) is 0 Å². The van der Waals surface area contributed by atoms with E-state index in [1.165, 1.54) is 0 Å². The van der Waals surface area contributed by atoms with Gasteiger partial charge in [0.15, 0.2) is 0 Å². The first-order valence-electron chi connectivity index (χ1n) is 0. The van der Waals surface area contributed by atoms with Crippen LogP contribution in [0.1, 0.15) is 0 Å². The smallest absolute Gasteiger partial charge is 0 e. The second-order valence-electron chi connectivity index (χ2n) is 0. The van der Waals surface area contributed by atoms with Crippen LogP contribution < -0.4 is 0 Å². The average molecular weight is 1060 g/mol. The van der Waals surface area contributed by atoms with Gasteiger partial charge in [0.1, 0.15) is 0 Å². The summed E-state index contributed by atoms with van der Waals surface area (Å²) in [5, 5.41) is 0. The van der Waals surface area contributed by atoms with Crippen LogP contribution in [0.25, 0.3) is 0 Å². The summed E-state index contributed by atoms with van der Waals surface area (Å²) in [7, 11) is 0. The van der Waals surface area contributed by atoms with Gasteiger partial charge >= 0.3 is 0 Å². The zero-order valence-corrected chi connectivity index (χ0v) is 16.4. The molecular formula is Pt5Y. The fourth-order valence-electron chi connectivity index (χ4n) is 0. The Hall–Kier alpha value is 4.55. The SMILES string of the molecule is [Pt].[Pt].[Pt].[Pt].[Pt].[Y]. The quantitative estimate of drug-likeness (QED) is 0.321. The molecule has 53 valence electrons. The first kappa shape index (κ1) is 46.5. The summed E-state index contributed by atoms with van der Waals surface area (Å²) in [6.45, 7) is 0. The van der Waals surface area contributed by atoms with Gasteiger partial charge in [-0.1, -0.05) is 0 Å². The molecule has 0 aliphatic heterocycles. The number of hydrogen-bond donors (Lipinski definition) is 0. The van der Waals surface area contributed by atoms with Crippen LogP contribution in [0.5, 0.6) is 0 Å². The van der Waals surface area contributed by atoms with Crippen LogP contribution in [0.2, 0.25) is 0 Å². The molecule has 0 aliphatic rings. The molecule has 0 amide bonds. The number of rotatable bonds is 0. The van der Waals surface area contributed by atoms with E-state index in [1.54, 1.807) is 0 Å². The summed E-state index contributed by atoms with van der Waals surface area (Å²) in [6, 6.07) is 0. The van der Waals surface area contributed by atoms with E-state index in [2.05, 4.69) is 0 Å². The van der Waals surface area contributed by atoms with E-state index in [4.69, 9.17) is 0 Å². The molecule has 0 atom stereocenters. The third-order valence-corrected chi connectivity index (χ3v) is 0. The molecule has 0 nitrogen and oxygen atoms in total. The predicted octanol–water partition coefficient (Wildman–Crippen LogP) is -0.0150. The second kappa shape index (κ2) is 33.7. The minimum absolute atomic E-state index is 0. The molecule has 0 rings (SSSR count). The van der Waals surface area contributed by atoms with Crippen LogP contribution in [-0.4, -0.2) is 0 Å². The van der Waals surface area contributed by atoms with Crippen LogP contribution in [-0.2, 0) is 138 Å². The molecule has 1 radical (unpaired) electrons. The van der Waals surface area contributed by atoms with Crippen molar-refractivity contribution in [3.05, 3.63) is 0 Å². The molecule has 0 spiro atoms. The van der Waals surface area contributed by atoms with Crippen LogP contribution in [0.15, 0.2) is 0 Å². The van der Waals surface area contributed by atoms with Crippen LogP contribution >= 0.6 is 0 Å². The van der Waals surface area contributed by atoms with Crippen molar-refractivity contribution in [2.24, 2.45) is 0 Å². The summed E-state index contributed by atoms with van der Waals surface area (Å²) in [4.78, 5) is 0. The van der Waals surface area contributed by atoms with Crippen molar-refractivity contribution in [1.82, 2.24) is 0 Å². The summed E-state index contributed by atoms with van der Waals surface area (Å²) in [5.41, 5.74) is 0. The van der Waals surface area contributed by atoms with Gasteiger partial charge in [-0.3, -0.25) is 0 Å². The van der Waals surface area contributed by atoms with E-state index >= 15 is 0 Å². The maximum atomic E-state index is 0. The largest absolute Gasteiger partial charge is 0 e. The fraction of sp³-hybridized carbons (Fsp3) is 0. The molecule has 6 heavy (non-hydrogen) atoms. The molecule has 0 saturated carbocycles. The molecule has 0 N–H and O–H groups in total. The first-order chi connectivity index (χ1) is 0. The van der Waals surface area contributed by atoms with Gasteiger partial charge in [0, 0.05) is 138 Å². The van der Waals surface area contributed by atoms with Crippen molar-refractivity contribution >= 4 is 0 Å². The predicted molar refractivity (Wildman–Crippen MR) is 0 cm³/mol. The molecule has 0 aromatic carbocycles. The molecule has 0 aliphatic carbocycles. The average Bonchev–Trinajstić information content (AvgIpc) is 0.